The van der Waals surface area contributed by atoms with Crippen molar-refractivity contribution in [1.29, 1.82) is 0 Å². The summed E-state index contributed by atoms with van der Waals surface area (Å²) >= 11 is 3.27. The first kappa shape index (κ1) is 13.6. The van der Waals surface area contributed by atoms with Crippen molar-refractivity contribution in [2.75, 3.05) is 6.61 Å². The highest BCUT2D eigenvalue weighted by Crippen LogP contribution is 2.29. The largest absolute Gasteiger partial charge is 0.466 e. The van der Waals surface area contributed by atoms with E-state index in [0.29, 0.717) is 22.2 Å². The summed E-state index contributed by atoms with van der Waals surface area (Å²) in [4.78, 5) is 21.6. The van der Waals surface area contributed by atoms with Gasteiger partial charge in [0.15, 0.2) is 0 Å². The topological polar surface area (TPSA) is 69.4 Å². The Labute approximate surface area is 107 Å². The van der Waals surface area contributed by atoms with Gasteiger partial charge < -0.3 is 4.74 Å². The molecule has 0 atom stereocenters. The van der Waals surface area contributed by atoms with Gasteiger partial charge in [0.25, 0.3) is 5.69 Å². The fraction of sp³-hybridized carbons (Fsp3) is 0.364. The molecule has 5 nitrogen and oxygen atoms in total. The van der Waals surface area contributed by atoms with Crippen LogP contribution in [0, 0.1) is 17.0 Å². The lowest BCUT2D eigenvalue weighted by molar-refractivity contribution is -0.385. The number of nitrogens with zero attached hydrogens (tertiary/aromatic N) is 1. The summed E-state index contributed by atoms with van der Waals surface area (Å²) in [6, 6.07) is 2.96. The van der Waals surface area contributed by atoms with Crippen LogP contribution < -0.4 is 0 Å². The van der Waals surface area contributed by atoms with Crippen molar-refractivity contribution in [3.05, 3.63) is 37.8 Å². The third-order valence-electron chi connectivity index (χ3n) is 2.27. The molecule has 0 N–H and O–H groups in total. The average Bonchev–Trinajstić information content (AvgIpc) is 2.25. The monoisotopic (exact) mass is 301 g/mol. The maximum atomic E-state index is 11.3. The Kier molecular flexibility index (Phi) is 4.62. The molecule has 1 aromatic rings. The molecule has 92 valence electrons. The molecule has 1 aromatic carbocycles. The van der Waals surface area contributed by atoms with Crippen LogP contribution in [0.3, 0.4) is 0 Å². The van der Waals surface area contributed by atoms with Gasteiger partial charge in [-0.05, 0) is 35.3 Å². The molecule has 0 unspecified atom stereocenters. The van der Waals surface area contributed by atoms with Gasteiger partial charge in [0, 0.05) is 16.1 Å². The van der Waals surface area contributed by atoms with Gasteiger partial charge in [0.2, 0.25) is 0 Å². The van der Waals surface area contributed by atoms with Crippen molar-refractivity contribution in [2.24, 2.45) is 0 Å². The molecule has 0 aromatic heterocycles. The molecule has 0 saturated carbocycles. The normalized spacial score (nSPS) is 10.1. The summed E-state index contributed by atoms with van der Waals surface area (Å²) in [5, 5.41) is 10.7. The Morgan fingerprint density at radius 2 is 2.18 bits per heavy atom. The van der Waals surface area contributed by atoms with Crippen LogP contribution in [0.25, 0.3) is 0 Å². The van der Waals surface area contributed by atoms with E-state index in [1.807, 2.05) is 0 Å². The van der Waals surface area contributed by atoms with E-state index in [1.165, 1.54) is 6.07 Å². The van der Waals surface area contributed by atoms with E-state index >= 15 is 0 Å². The zero-order chi connectivity index (χ0) is 13.0. The highest BCUT2D eigenvalue weighted by atomic mass is 79.9. The number of nitro benzene ring substituents is 1. The Morgan fingerprint density at radius 1 is 1.53 bits per heavy atom. The molecular weight excluding hydrogens is 290 g/mol. The number of carbonyl (C=O) groups excluding carboxylic acids is 1. The molecule has 0 aliphatic rings. The number of esters is 1. The van der Waals surface area contributed by atoms with E-state index in [2.05, 4.69) is 15.9 Å². The SMILES string of the molecule is CCOC(=O)Cc1ccc([N+](=O)[O-])c(C)c1Br. The maximum absolute atomic E-state index is 11.3. The smallest absolute Gasteiger partial charge is 0.310 e. The minimum Gasteiger partial charge on any atom is -0.466 e. The van der Waals surface area contributed by atoms with Crippen LogP contribution in [0.4, 0.5) is 5.69 Å². The zero-order valence-corrected chi connectivity index (χ0v) is 11.1. The van der Waals surface area contributed by atoms with Crippen molar-refractivity contribution in [2.45, 2.75) is 20.3 Å². The van der Waals surface area contributed by atoms with Gasteiger partial charge in [-0.15, -0.1) is 0 Å². The van der Waals surface area contributed by atoms with Gasteiger partial charge >= 0.3 is 5.97 Å². The molecule has 1 rings (SSSR count). The van der Waals surface area contributed by atoms with Crippen molar-refractivity contribution in [3.63, 3.8) is 0 Å². The summed E-state index contributed by atoms with van der Waals surface area (Å²) in [5.74, 6) is -0.346. The first-order chi connectivity index (χ1) is 7.97. The zero-order valence-electron chi connectivity index (χ0n) is 9.53. The van der Waals surface area contributed by atoms with Crippen LogP contribution in [0.5, 0.6) is 0 Å². The lowest BCUT2D eigenvalue weighted by Gasteiger charge is -2.07. The van der Waals surface area contributed by atoms with Gasteiger partial charge in [-0.25, -0.2) is 0 Å². The Morgan fingerprint density at radius 3 is 2.71 bits per heavy atom. The number of halogens is 1. The number of ether oxygens (including phenoxy) is 1. The van der Waals surface area contributed by atoms with Crippen LogP contribution in [0.1, 0.15) is 18.1 Å². The fourth-order valence-corrected chi connectivity index (χ4v) is 1.91. The van der Waals surface area contributed by atoms with E-state index in [1.54, 1.807) is 19.9 Å². The minimum atomic E-state index is -0.450. The maximum Gasteiger partial charge on any atom is 0.310 e. The van der Waals surface area contributed by atoms with Crippen LogP contribution in [-0.2, 0) is 16.0 Å². The highest BCUT2D eigenvalue weighted by Gasteiger charge is 2.17. The molecule has 17 heavy (non-hydrogen) atoms. The van der Waals surface area contributed by atoms with Gasteiger partial charge in [-0.1, -0.05) is 6.07 Å². The number of nitro groups is 1. The molecule has 0 bridgehead atoms. The average molecular weight is 302 g/mol. The van der Waals surface area contributed by atoms with Gasteiger partial charge in [-0.2, -0.15) is 0 Å². The van der Waals surface area contributed by atoms with Crippen LogP contribution in [0.2, 0.25) is 0 Å². The first-order valence-electron chi connectivity index (χ1n) is 5.05. The van der Waals surface area contributed by atoms with Crippen LogP contribution >= 0.6 is 15.9 Å². The highest BCUT2D eigenvalue weighted by molar-refractivity contribution is 9.10. The number of hydrogen-bond acceptors (Lipinski definition) is 4. The molecule has 0 radical (unpaired) electrons. The quantitative estimate of drug-likeness (QED) is 0.487. The first-order valence-corrected chi connectivity index (χ1v) is 5.84. The molecule has 0 aliphatic carbocycles. The fourth-order valence-electron chi connectivity index (χ4n) is 1.43. The Balaban J connectivity index is 3.00. The van der Waals surface area contributed by atoms with Crippen LogP contribution in [0.15, 0.2) is 16.6 Å². The van der Waals surface area contributed by atoms with E-state index < -0.39 is 4.92 Å². The van der Waals surface area contributed by atoms with Crippen molar-refractivity contribution in [1.82, 2.24) is 0 Å². The summed E-state index contributed by atoms with van der Waals surface area (Å²) < 4.78 is 5.41. The van der Waals surface area contributed by atoms with Gasteiger partial charge in [0.05, 0.1) is 18.0 Å². The Bertz CT molecular complexity index is 459. The lowest BCUT2D eigenvalue weighted by atomic mass is 10.1. The second-order valence-corrected chi connectivity index (χ2v) is 4.21. The molecule has 0 aliphatic heterocycles. The lowest BCUT2D eigenvalue weighted by Crippen LogP contribution is -2.08. The third-order valence-corrected chi connectivity index (χ3v) is 3.38. The number of carbonyl (C=O) groups is 1. The van der Waals surface area contributed by atoms with Crippen molar-refractivity contribution < 1.29 is 14.5 Å². The van der Waals surface area contributed by atoms with Gasteiger partial charge in [-0.3, -0.25) is 14.9 Å². The third kappa shape index (κ3) is 3.26. The van der Waals surface area contributed by atoms with Crippen molar-refractivity contribution >= 4 is 27.6 Å². The molecule has 6 heteroatoms. The van der Waals surface area contributed by atoms with E-state index in [-0.39, 0.29) is 18.1 Å². The molecule has 0 spiro atoms. The predicted octanol–water partition coefficient (Wildman–Crippen LogP) is 2.77. The molecule has 0 fully saturated rings. The number of benzene rings is 1. The number of hydrogen-bond donors (Lipinski definition) is 0. The molecule has 0 heterocycles. The minimum absolute atomic E-state index is 0.0319. The molecule has 0 amide bonds. The van der Waals surface area contributed by atoms with E-state index in [4.69, 9.17) is 4.74 Å². The van der Waals surface area contributed by atoms with Gasteiger partial charge in [0.1, 0.15) is 0 Å². The van der Waals surface area contributed by atoms with E-state index in [9.17, 15) is 14.9 Å². The predicted molar refractivity (Wildman–Crippen MR) is 65.9 cm³/mol. The summed E-state index contributed by atoms with van der Waals surface area (Å²) in [6.07, 6.45) is 0.104. The van der Waals surface area contributed by atoms with E-state index in [0.717, 1.165) is 0 Å². The molecule has 0 saturated heterocycles. The molecular formula is C11H12BrNO4. The number of rotatable bonds is 4. The summed E-state index contributed by atoms with van der Waals surface area (Å²) in [6.45, 7) is 3.69. The Hall–Kier alpha value is -1.43. The standard InChI is InChI=1S/C11H12BrNO4/c1-3-17-10(14)6-8-4-5-9(13(15)16)7(2)11(8)12/h4-5H,3,6H2,1-2H3. The van der Waals surface area contributed by atoms with Crippen molar-refractivity contribution in [3.8, 4) is 0 Å². The summed E-state index contributed by atoms with van der Waals surface area (Å²) in [7, 11) is 0. The second-order valence-electron chi connectivity index (χ2n) is 3.42. The second kappa shape index (κ2) is 5.77. The van der Waals surface area contributed by atoms with Crippen LogP contribution in [-0.4, -0.2) is 17.5 Å². The summed E-state index contributed by atoms with van der Waals surface area (Å²) in [5.41, 5.74) is 1.23.